The van der Waals surface area contributed by atoms with E-state index in [1.807, 2.05) is 38.1 Å². The molecule has 0 atom stereocenters. The van der Waals surface area contributed by atoms with Gasteiger partial charge in [-0.05, 0) is 86.6 Å². The molecule has 25 heavy (non-hydrogen) atoms. The molecule has 4 nitrogen and oxygen atoms in total. The summed E-state index contributed by atoms with van der Waals surface area (Å²) in [5, 5.41) is 1.04. The predicted octanol–water partition coefficient (Wildman–Crippen LogP) is 4.46. The molecule has 1 aromatic heterocycles. The van der Waals surface area contributed by atoms with Crippen LogP contribution < -0.4 is 4.72 Å². The standard InChI is InChI=1S/C20H22N2O2S/c1-13-9-14(2)11-15(10-13)22-25(23,24)16-7-8-20-18(12-16)17-5-3-4-6-19(17)21-20/h7-12,21-22H,3-6H2,1-2H3. The number of benzene rings is 2. The molecule has 130 valence electrons. The molecule has 0 radical (unpaired) electrons. The minimum atomic E-state index is -3.61. The van der Waals surface area contributed by atoms with Crippen molar-refractivity contribution in [2.75, 3.05) is 4.72 Å². The van der Waals surface area contributed by atoms with Gasteiger partial charge < -0.3 is 4.98 Å². The molecule has 1 aliphatic rings. The van der Waals surface area contributed by atoms with E-state index in [0.29, 0.717) is 10.6 Å². The second-order valence-corrected chi connectivity index (χ2v) is 8.66. The van der Waals surface area contributed by atoms with Gasteiger partial charge in [-0.25, -0.2) is 8.42 Å². The summed E-state index contributed by atoms with van der Waals surface area (Å²) < 4.78 is 28.4. The van der Waals surface area contributed by atoms with Gasteiger partial charge in [0.25, 0.3) is 10.0 Å². The van der Waals surface area contributed by atoms with E-state index in [-0.39, 0.29) is 0 Å². The maximum absolute atomic E-state index is 12.8. The monoisotopic (exact) mass is 354 g/mol. The Morgan fingerprint density at radius 2 is 1.68 bits per heavy atom. The molecule has 5 heteroatoms. The van der Waals surface area contributed by atoms with Crippen LogP contribution in [0.2, 0.25) is 0 Å². The Balaban J connectivity index is 1.74. The number of aromatic nitrogens is 1. The van der Waals surface area contributed by atoms with Crippen molar-refractivity contribution in [1.29, 1.82) is 0 Å². The predicted molar refractivity (Wildman–Crippen MR) is 102 cm³/mol. The molecule has 3 aromatic rings. The van der Waals surface area contributed by atoms with Crippen molar-refractivity contribution in [3.8, 4) is 0 Å². The van der Waals surface area contributed by atoms with Gasteiger partial charge in [-0.1, -0.05) is 6.07 Å². The van der Waals surface area contributed by atoms with Crippen LogP contribution in [-0.2, 0) is 22.9 Å². The second-order valence-electron chi connectivity index (χ2n) is 6.98. The zero-order valence-electron chi connectivity index (χ0n) is 14.5. The fourth-order valence-corrected chi connectivity index (χ4v) is 4.87. The highest BCUT2D eigenvalue weighted by atomic mass is 32.2. The van der Waals surface area contributed by atoms with Crippen LogP contribution >= 0.6 is 0 Å². The normalized spacial score (nSPS) is 14.5. The second kappa shape index (κ2) is 5.92. The van der Waals surface area contributed by atoms with Crippen molar-refractivity contribution in [3.63, 3.8) is 0 Å². The number of fused-ring (bicyclic) bond motifs is 3. The first-order valence-corrected chi connectivity index (χ1v) is 10.2. The van der Waals surface area contributed by atoms with Gasteiger partial charge in [-0.2, -0.15) is 0 Å². The highest BCUT2D eigenvalue weighted by molar-refractivity contribution is 7.92. The minimum absolute atomic E-state index is 0.312. The average molecular weight is 354 g/mol. The highest BCUT2D eigenvalue weighted by Crippen LogP contribution is 2.31. The minimum Gasteiger partial charge on any atom is -0.358 e. The van der Waals surface area contributed by atoms with Crippen molar-refractivity contribution < 1.29 is 8.42 Å². The first-order chi connectivity index (χ1) is 11.9. The highest BCUT2D eigenvalue weighted by Gasteiger charge is 2.19. The first-order valence-electron chi connectivity index (χ1n) is 8.67. The number of nitrogens with one attached hydrogen (secondary N) is 2. The van der Waals surface area contributed by atoms with Gasteiger partial charge in [0.15, 0.2) is 0 Å². The van der Waals surface area contributed by atoms with E-state index in [1.165, 1.54) is 17.7 Å². The van der Waals surface area contributed by atoms with E-state index >= 15 is 0 Å². The summed E-state index contributed by atoms with van der Waals surface area (Å²) in [4.78, 5) is 3.76. The van der Waals surface area contributed by atoms with Gasteiger partial charge >= 0.3 is 0 Å². The maximum Gasteiger partial charge on any atom is 0.261 e. The van der Waals surface area contributed by atoms with Gasteiger partial charge in [0.2, 0.25) is 0 Å². The Kier molecular flexibility index (Phi) is 3.84. The van der Waals surface area contributed by atoms with E-state index in [2.05, 4.69) is 9.71 Å². The molecule has 0 spiro atoms. The summed E-state index contributed by atoms with van der Waals surface area (Å²) in [6.07, 6.45) is 4.42. The Labute approximate surface area is 148 Å². The van der Waals surface area contributed by atoms with Gasteiger partial charge in [-0.15, -0.1) is 0 Å². The van der Waals surface area contributed by atoms with Crippen LogP contribution in [0.3, 0.4) is 0 Å². The zero-order valence-corrected chi connectivity index (χ0v) is 15.3. The van der Waals surface area contributed by atoms with Crippen LogP contribution in [0.25, 0.3) is 10.9 Å². The van der Waals surface area contributed by atoms with Crippen molar-refractivity contribution >= 4 is 26.6 Å². The van der Waals surface area contributed by atoms with Crippen molar-refractivity contribution in [2.45, 2.75) is 44.4 Å². The number of anilines is 1. The fourth-order valence-electron chi connectivity index (χ4n) is 3.80. The van der Waals surface area contributed by atoms with Gasteiger partial charge in [0.05, 0.1) is 4.90 Å². The third kappa shape index (κ3) is 3.04. The number of hydrogen-bond acceptors (Lipinski definition) is 2. The molecule has 0 aliphatic heterocycles. The molecule has 0 bridgehead atoms. The number of aromatic amines is 1. The molecule has 2 aromatic carbocycles. The lowest BCUT2D eigenvalue weighted by atomic mass is 9.96. The number of H-pyrrole nitrogens is 1. The average Bonchev–Trinajstić information content (AvgIpc) is 2.91. The summed E-state index contributed by atoms with van der Waals surface area (Å²) in [6.45, 7) is 3.92. The number of aryl methyl sites for hydroxylation is 4. The van der Waals surface area contributed by atoms with Crippen LogP contribution in [0.15, 0.2) is 41.3 Å². The molecule has 1 heterocycles. The molecule has 0 fully saturated rings. The van der Waals surface area contributed by atoms with E-state index in [4.69, 9.17) is 0 Å². The third-order valence-electron chi connectivity index (χ3n) is 4.85. The van der Waals surface area contributed by atoms with E-state index < -0.39 is 10.0 Å². The summed E-state index contributed by atoms with van der Waals surface area (Å²) in [5.74, 6) is 0. The van der Waals surface area contributed by atoms with Crippen molar-refractivity contribution in [2.24, 2.45) is 0 Å². The Hall–Kier alpha value is -2.27. The van der Waals surface area contributed by atoms with Crippen LogP contribution in [0, 0.1) is 13.8 Å². The fraction of sp³-hybridized carbons (Fsp3) is 0.300. The zero-order chi connectivity index (χ0) is 17.6. The topological polar surface area (TPSA) is 62.0 Å². The lowest BCUT2D eigenvalue weighted by Gasteiger charge is -2.12. The summed E-state index contributed by atoms with van der Waals surface area (Å²) in [7, 11) is -3.61. The SMILES string of the molecule is Cc1cc(C)cc(NS(=O)(=O)c2ccc3[nH]c4c(c3c2)CCCC4)c1. The van der Waals surface area contributed by atoms with E-state index in [9.17, 15) is 8.42 Å². The van der Waals surface area contributed by atoms with E-state index in [0.717, 1.165) is 41.3 Å². The van der Waals surface area contributed by atoms with Crippen LogP contribution in [-0.4, -0.2) is 13.4 Å². The maximum atomic E-state index is 12.8. The van der Waals surface area contributed by atoms with Crippen molar-refractivity contribution in [1.82, 2.24) is 4.98 Å². The number of hydrogen-bond donors (Lipinski definition) is 2. The van der Waals surface area contributed by atoms with Crippen LogP contribution in [0.1, 0.15) is 35.2 Å². The Morgan fingerprint density at radius 1 is 0.960 bits per heavy atom. The quantitative estimate of drug-likeness (QED) is 0.729. The Morgan fingerprint density at radius 3 is 2.44 bits per heavy atom. The molecule has 0 amide bonds. The molecule has 1 aliphatic carbocycles. The van der Waals surface area contributed by atoms with Gasteiger partial charge in [0, 0.05) is 22.3 Å². The lowest BCUT2D eigenvalue weighted by molar-refractivity contribution is 0.601. The molecule has 2 N–H and O–H groups in total. The van der Waals surface area contributed by atoms with Gasteiger partial charge in [-0.3, -0.25) is 4.72 Å². The molecule has 0 saturated carbocycles. The van der Waals surface area contributed by atoms with Crippen LogP contribution in [0.5, 0.6) is 0 Å². The van der Waals surface area contributed by atoms with Crippen LogP contribution in [0.4, 0.5) is 5.69 Å². The van der Waals surface area contributed by atoms with Gasteiger partial charge in [0.1, 0.15) is 0 Å². The molecular formula is C20H22N2O2S. The summed E-state index contributed by atoms with van der Waals surface area (Å²) in [5.41, 5.74) is 6.24. The third-order valence-corrected chi connectivity index (χ3v) is 6.23. The Bertz CT molecular complexity index is 1040. The molecule has 0 unspecified atom stereocenters. The van der Waals surface area contributed by atoms with Crippen molar-refractivity contribution in [3.05, 3.63) is 58.8 Å². The smallest absolute Gasteiger partial charge is 0.261 e. The molecule has 0 saturated heterocycles. The summed E-state index contributed by atoms with van der Waals surface area (Å²) >= 11 is 0. The first kappa shape index (κ1) is 16.2. The number of sulfonamides is 1. The lowest BCUT2D eigenvalue weighted by Crippen LogP contribution is -2.13. The largest absolute Gasteiger partial charge is 0.358 e. The van der Waals surface area contributed by atoms with E-state index in [1.54, 1.807) is 12.1 Å². The molecular weight excluding hydrogens is 332 g/mol. The molecule has 4 rings (SSSR count). The summed E-state index contributed by atoms with van der Waals surface area (Å²) in [6, 6.07) is 11.1. The number of rotatable bonds is 3.